The van der Waals surface area contributed by atoms with Crippen LogP contribution in [-0.2, 0) is 20.1 Å². The molecule has 0 saturated heterocycles. The van der Waals surface area contributed by atoms with Crippen LogP contribution in [0.2, 0.25) is 0 Å². The number of pyridine rings is 3. The van der Waals surface area contributed by atoms with Crippen molar-refractivity contribution >= 4 is 22.1 Å². The Bertz CT molecular complexity index is 2270. The third kappa shape index (κ3) is 6.17. The summed E-state index contributed by atoms with van der Waals surface area (Å²) in [5, 5.41) is 1.60. The van der Waals surface area contributed by atoms with E-state index in [-0.39, 0.29) is 48.2 Å². The van der Waals surface area contributed by atoms with Crippen molar-refractivity contribution in [2.24, 2.45) is 0 Å². The Morgan fingerprint density at radius 3 is 2.56 bits per heavy atom. The Hall–Kier alpha value is -3.66. The van der Waals surface area contributed by atoms with Gasteiger partial charge in [-0.15, -0.1) is 53.6 Å². The molecule has 0 aliphatic heterocycles. The molecule has 4 nitrogen and oxygen atoms in total. The minimum absolute atomic E-state index is 0. The molecular formula is C36H33IrN3O-2. The number of aryl methyl sites for hydroxylation is 4. The Morgan fingerprint density at radius 2 is 1.78 bits per heavy atom. The minimum Gasteiger partial charge on any atom is -0.486 e. The van der Waals surface area contributed by atoms with E-state index in [9.17, 15) is 0 Å². The fraction of sp³-hybridized carbons (Fsp3) is 0.250. The van der Waals surface area contributed by atoms with Gasteiger partial charge in [-0.2, -0.15) is 0 Å². The van der Waals surface area contributed by atoms with Crippen LogP contribution in [0.5, 0.6) is 0 Å². The van der Waals surface area contributed by atoms with Gasteiger partial charge in [0.05, 0.1) is 5.58 Å². The summed E-state index contributed by atoms with van der Waals surface area (Å²) in [5.41, 5.74) is 3.29. The van der Waals surface area contributed by atoms with Gasteiger partial charge >= 0.3 is 0 Å². The van der Waals surface area contributed by atoms with Crippen molar-refractivity contribution in [2.45, 2.75) is 59.0 Å². The standard InChI is InChI=1S/C22H19N2O.C14H14N.Ir/c1-14-9-10-18-17-7-4-8-19(21(17)25-22(18)24-14)20-13-16(11-12-23-20)15-5-2-3-6-15;1-10-4-6-13(7-5-10)14-8-11(2)12(3)9-15-14;/h4,7,9-13,15H,2-3,5-6H2,1H3;4-6,8-9H,1-3H3;/q2*-1;/i1D3,15D;1D3,2D3,3D3;. The van der Waals surface area contributed by atoms with Gasteiger partial charge in [0, 0.05) is 61.4 Å². The van der Waals surface area contributed by atoms with Crippen LogP contribution in [0.15, 0.2) is 77.5 Å². The maximum Gasteiger partial charge on any atom is 0.216 e. The van der Waals surface area contributed by atoms with E-state index in [0.29, 0.717) is 28.1 Å². The zero-order valence-corrected chi connectivity index (χ0v) is 24.2. The second-order valence-corrected chi connectivity index (χ2v) is 9.59. The Balaban J connectivity index is 0.000000208. The van der Waals surface area contributed by atoms with Crippen molar-refractivity contribution in [2.75, 3.05) is 0 Å². The normalized spacial score (nSPS) is 19.9. The summed E-state index contributed by atoms with van der Waals surface area (Å²) in [6, 6.07) is 22.1. The van der Waals surface area contributed by atoms with Crippen LogP contribution in [-0.4, -0.2) is 15.0 Å². The fourth-order valence-corrected chi connectivity index (χ4v) is 4.88. The molecule has 209 valence electrons. The molecule has 0 amide bonds. The molecule has 6 aromatic rings. The topological polar surface area (TPSA) is 51.8 Å². The van der Waals surface area contributed by atoms with Crippen LogP contribution < -0.4 is 0 Å². The molecule has 5 heteroatoms. The van der Waals surface area contributed by atoms with Gasteiger partial charge in [-0.05, 0) is 74.4 Å². The second kappa shape index (κ2) is 12.5. The molecule has 1 saturated carbocycles. The summed E-state index contributed by atoms with van der Waals surface area (Å²) in [4.78, 5) is 12.7. The third-order valence-electron chi connectivity index (χ3n) is 6.92. The first-order chi connectivity index (χ1) is 24.6. The van der Waals surface area contributed by atoms with E-state index in [4.69, 9.17) is 22.2 Å². The maximum atomic E-state index is 8.79. The number of fused-ring (bicyclic) bond motifs is 3. The van der Waals surface area contributed by atoms with E-state index >= 15 is 0 Å². The number of hydrogen-bond acceptors (Lipinski definition) is 4. The SMILES string of the molecule is [2H]C([2H])([2H])c1c[c-]c(-c2cc(C([2H])([2H])[2H])c(C([2H])([2H])[2H])cn2)cc1.[2H]C([2H])([2H])c1ccc2c(n1)oc1c(-c3cc(C4([2H])CCCC4)ccn3)[c-]ccc12.[Ir]. The molecule has 1 aliphatic rings. The minimum atomic E-state index is -2.61. The number of benzene rings is 2. The van der Waals surface area contributed by atoms with Crippen molar-refractivity contribution in [3.05, 3.63) is 113 Å². The maximum absolute atomic E-state index is 8.79. The Labute approximate surface area is 273 Å². The van der Waals surface area contributed by atoms with E-state index in [1.807, 2.05) is 24.3 Å². The largest absolute Gasteiger partial charge is 0.486 e. The molecule has 7 rings (SSSR count). The van der Waals surface area contributed by atoms with Gasteiger partial charge in [0.1, 0.15) is 0 Å². The summed E-state index contributed by atoms with van der Waals surface area (Å²) in [6.45, 7) is -9.76. The predicted molar refractivity (Wildman–Crippen MR) is 162 cm³/mol. The molecule has 0 spiro atoms. The average Bonchev–Trinajstić information content (AvgIpc) is 3.71. The molecule has 1 radical (unpaired) electrons. The number of furan rings is 1. The van der Waals surface area contributed by atoms with Gasteiger partial charge in [-0.3, -0.25) is 0 Å². The molecule has 2 aromatic carbocycles. The van der Waals surface area contributed by atoms with E-state index < -0.39 is 33.3 Å². The van der Waals surface area contributed by atoms with E-state index in [1.54, 1.807) is 12.3 Å². The number of nitrogens with zero attached hydrogens (tertiary/aromatic N) is 3. The molecule has 41 heavy (non-hydrogen) atoms. The first-order valence-corrected chi connectivity index (χ1v) is 12.9. The molecule has 0 bridgehead atoms. The zero-order chi connectivity index (χ0) is 38.6. The quantitative estimate of drug-likeness (QED) is 0.171. The fourth-order valence-electron chi connectivity index (χ4n) is 4.88. The second-order valence-electron chi connectivity index (χ2n) is 9.59. The number of rotatable bonds is 3. The van der Waals surface area contributed by atoms with E-state index in [1.165, 1.54) is 30.3 Å². The number of aromatic nitrogens is 3. The molecule has 0 unspecified atom stereocenters. The van der Waals surface area contributed by atoms with Crippen molar-refractivity contribution in [3.8, 4) is 22.5 Å². The smallest absolute Gasteiger partial charge is 0.216 e. The molecule has 0 atom stereocenters. The summed E-state index contributed by atoms with van der Waals surface area (Å²) in [7, 11) is 0. The van der Waals surface area contributed by atoms with Gasteiger partial charge in [-0.1, -0.05) is 53.9 Å². The summed E-state index contributed by atoms with van der Waals surface area (Å²) >= 11 is 0. The number of hydrogen-bond donors (Lipinski definition) is 0. The molecule has 1 fully saturated rings. The van der Waals surface area contributed by atoms with Gasteiger partial charge in [0.15, 0.2) is 0 Å². The van der Waals surface area contributed by atoms with Gasteiger partial charge in [0.25, 0.3) is 0 Å². The Morgan fingerprint density at radius 1 is 0.878 bits per heavy atom. The first kappa shape index (κ1) is 16.7. The first-order valence-electron chi connectivity index (χ1n) is 19.4. The molecule has 4 heterocycles. The summed E-state index contributed by atoms with van der Waals surface area (Å²) in [6.07, 6.45) is 6.62. The van der Waals surface area contributed by atoms with Gasteiger partial charge in [-0.25, -0.2) is 4.98 Å². The van der Waals surface area contributed by atoms with Gasteiger partial charge in [0.2, 0.25) is 5.71 Å². The van der Waals surface area contributed by atoms with Crippen molar-refractivity contribution < 1.29 is 42.3 Å². The Kier molecular flexibility index (Phi) is 5.08. The summed E-state index contributed by atoms with van der Waals surface area (Å²) in [5.74, 6) is -0.560. The third-order valence-corrected chi connectivity index (χ3v) is 6.92. The molecule has 0 N–H and O–H groups in total. The van der Waals surface area contributed by atoms with Crippen LogP contribution >= 0.6 is 0 Å². The molecule has 1 aliphatic carbocycles. The van der Waals surface area contributed by atoms with Crippen molar-refractivity contribution in [3.63, 3.8) is 0 Å². The van der Waals surface area contributed by atoms with Crippen LogP contribution in [0.25, 0.3) is 44.6 Å². The van der Waals surface area contributed by atoms with Gasteiger partial charge < -0.3 is 14.4 Å². The average molecular weight is 729 g/mol. The van der Waals surface area contributed by atoms with Crippen molar-refractivity contribution in [1.29, 1.82) is 0 Å². The summed E-state index contributed by atoms with van der Waals surface area (Å²) < 4.78 is 104. The van der Waals surface area contributed by atoms with Crippen LogP contribution in [0.4, 0.5) is 0 Å². The van der Waals surface area contributed by atoms with Crippen LogP contribution in [0.3, 0.4) is 0 Å². The van der Waals surface area contributed by atoms with E-state index in [2.05, 4.69) is 27.1 Å². The predicted octanol–water partition coefficient (Wildman–Crippen LogP) is 9.28. The molecule has 4 aromatic heterocycles. The van der Waals surface area contributed by atoms with Crippen LogP contribution in [0.1, 0.15) is 77.3 Å². The van der Waals surface area contributed by atoms with Crippen molar-refractivity contribution in [1.82, 2.24) is 15.0 Å². The van der Waals surface area contributed by atoms with E-state index in [0.717, 1.165) is 48.2 Å². The monoisotopic (exact) mass is 729 g/mol. The molecular weight excluding hydrogens is 683 g/mol. The van der Waals surface area contributed by atoms with Crippen LogP contribution in [0, 0.1) is 39.5 Å². The zero-order valence-electron chi connectivity index (χ0n) is 34.8.